The lowest BCUT2D eigenvalue weighted by atomic mass is 10.0. The first-order valence-electron chi connectivity index (χ1n) is 6.77. The maximum atomic E-state index is 12.5. The van der Waals surface area contributed by atoms with Crippen molar-refractivity contribution >= 4 is 22.8 Å². The number of ketones is 1. The highest BCUT2D eigenvalue weighted by atomic mass is 16.5. The van der Waals surface area contributed by atoms with Crippen LogP contribution in [0.4, 0.5) is 0 Å². The molecule has 0 unspecified atom stereocenters. The van der Waals surface area contributed by atoms with E-state index in [9.17, 15) is 9.90 Å². The summed E-state index contributed by atoms with van der Waals surface area (Å²) in [7, 11) is 2.80. The Kier molecular flexibility index (Phi) is 3.80. The lowest BCUT2D eigenvalue weighted by Crippen LogP contribution is -2.02. The third kappa shape index (κ3) is 2.44. The standard InChI is InChI=1S/C17H14O6/c1-20-15-11-7-9-23-16(11)17(21-2)14(19)13(15)12(18)6-5-10-4-3-8-22-10/h3-9,19H,1-2H3/b6-5+. The van der Waals surface area contributed by atoms with Gasteiger partial charge in [-0.05, 0) is 30.4 Å². The number of hydrogen-bond acceptors (Lipinski definition) is 6. The van der Waals surface area contributed by atoms with Crippen molar-refractivity contribution in [2.75, 3.05) is 14.2 Å². The molecule has 3 rings (SSSR count). The number of allylic oxidation sites excluding steroid dienone is 1. The molecule has 0 aliphatic carbocycles. The molecule has 6 nitrogen and oxygen atoms in total. The number of methoxy groups -OCH3 is 2. The van der Waals surface area contributed by atoms with Gasteiger partial charge in [0.2, 0.25) is 5.75 Å². The van der Waals surface area contributed by atoms with Crippen LogP contribution in [-0.4, -0.2) is 25.1 Å². The van der Waals surface area contributed by atoms with E-state index in [0.29, 0.717) is 16.7 Å². The van der Waals surface area contributed by atoms with E-state index in [1.54, 1.807) is 18.2 Å². The van der Waals surface area contributed by atoms with Crippen LogP contribution >= 0.6 is 0 Å². The number of aromatic hydroxyl groups is 1. The van der Waals surface area contributed by atoms with Gasteiger partial charge < -0.3 is 23.4 Å². The van der Waals surface area contributed by atoms with Crippen molar-refractivity contribution < 1.29 is 28.2 Å². The molecule has 0 atom stereocenters. The maximum Gasteiger partial charge on any atom is 0.205 e. The van der Waals surface area contributed by atoms with Crippen molar-refractivity contribution in [2.24, 2.45) is 0 Å². The Morgan fingerprint density at radius 3 is 2.57 bits per heavy atom. The number of furan rings is 2. The first kappa shape index (κ1) is 14.8. The zero-order valence-electron chi connectivity index (χ0n) is 12.5. The van der Waals surface area contributed by atoms with Crippen molar-refractivity contribution in [3.63, 3.8) is 0 Å². The van der Waals surface area contributed by atoms with Gasteiger partial charge in [0.15, 0.2) is 17.1 Å². The lowest BCUT2D eigenvalue weighted by Gasteiger charge is -2.12. The molecular formula is C17H14O6. The predicted octanol–water partition coefficient (Wildman–Crippen LogP) is 3.64. The normalized spacial score (nSPS) is 11.2. The van der Waals surface area contributed by atoms with Gasteiger partial charge in [0.25, 0.3) is 0 Å². The summed E-state index contributed by atoms with van der Waals surface area (Å²) < 4.78 is 20.9. The van der Waals surface area contributed by atoms with Crippen LogP contribution in [0.2, 0.25) is 0 Å². The molecule has 0 fully saturated rings. The monoisotopic (exact) mass is 314 g/mol. The van der Waals surface area contributed by atoms with Gasteiger partial charge in [0.05, 0.1) is 32.1 Å². The van der Waals surface area contributed by atoms with Crippen molar-refractivity contribution in [1.29, 1.82) is 0 Å². The van der Waals surface area contributed by atoms with Crippen molar-refractivity contribution in [3.05, 3.63) is 48.1 Å². The molecule has 0 bridgehead atoms. The topological polar surface area (TPSA) is 82.0 Å². The highest BCUT2D eigenvalue weighted by molar-refractivity contribution is 6.15. The highest BCUT2D eigenvalue weighted by Crippen LogP contribution is 2.45. The van der Waals surface area contributed by atoms with E-state index in [4.69, 9.17) is 18.3 Å². The fourth-order valence-corrected chi connectivity index (χ4v) is 2.38. The van der Waals surface area contributed by atoms with Crippen LogP contribution in [0.15, 0.2) is 45.6 Å². The minimum atomic E-state index is -0.447. The van der Waals surface area contributed by atoms with E-state index in [0.717, 1.165) is 0 Å². The van der Waals surface area contributed by atoms with Crippen LogP contribution in [0, 0.1) is 0 Å². The van der Waals surface area contributed by atoms with Gasteiger partial charge in [0, 0.05) is 0 Å². The number of phenols is 1. The molecule has 6 heteroatoms. The van der Waals surface area contributed by atoms with Crippen LogP contribution in [0.3, 0.4) is 0 Å². The molecule has 23 heavy (non-hydrogen) atoms. The van der Waals surface area contributed by atoms with Gasteiger partial charge >= 0.3 is 0 Å². The van der Waals surface area contributed by atoms with E-state index in [1.165, 1.54) is 38.9 Å². The van der Waals surface area contributed by atoms with Gasteiger partial charge in [-0.2, -0.15) is 0 Å². The summed E-state index contributed by atoms with van der Waals surface area (Å²) in [5, 5.41) is 10.9. The zero-order valence-corrected chi connectivity index (χ0v) is 12.5. The number of benzene rings is 1. The van der Waals surface area contributed by atoms with E-state index in [1.807, 2.05) is 0 Å². The van der Waals surface area contributed by atoms with Crippen LogP contribution in [-0.2, 0) is 0 Å². The number of phenolic OH excluding ortho intramolecular Hbond substituents is 1. The Labute approximate surface area is 131 Å². The summed E-state index contributed by atoms with van der Waals surface area (Å²) in [6.07, 6.45) is 5.74. The number of hydrogen-bond donors (Lipinski definition) is 1. The molecule has 1 aromatic carbocycles. The van der Waals surface area contributed by atoms with Crippen LogP contribution in [0.5, 0.6) is 17.2 Å². The summed E-state index contributed by atoms with van der Waals surface area (Å²) in [6, 6.07) is 5.06. The molecule has 0 saturated carbocycles. The third-order valence-corrected chi connectivity index (χ3v) is 3.39. The van der Waals surface area contributed by atoms with Crippen molar-refractivity contribution in [2.45, 2.75) is 0 Å². The molecule has 0 amide bonds. The largest absolute Gasteiger partial charge is 0.504 e. The molecule has 2 heterocycles. The highest BCUT2D eigenvalue weighted by Gasteiger charge is 2.26. The Morgan fingerprint density at radius 2 is 1.91 bits per heavy atom. The van der Waals surface area contributed by atoms with Crippen molar-refractivity contribution in [3.8, 4) is 17.2 Å². The molecule has 3 aromatic rings. The molecule has 2 aromatic heterocycles. The molecule has 0 aliphatic heterocycles. The second-order valence-corrected chi connectivity index (χ2v) is 4.67. The SMILES string of the molecule is COc1c(C(=O)/C=C/c2ccco2)c(O)c(OC)c2occc12. The van der Waals surface area contributed by atoms with Gasteiger partial charge in [-0.3, -0.25) is 4.79 Å². The molecule has 0 radical (unpaired) electrons. The minimum absolute atomic E-state index is 0.000978. The third-order valence-electron chi connectivity index (χ3n) is 3.39. The Hall–Kier alpha value is -3.15. The summed E-state index contributed by atoms with van der Waals surface area (Å²) in [5.74, 6) is 0.0490. The first-order chi connectivity index (χ1) is 11.2. The quantitative estimate of drug-likeness (QED) is 0.572. The maximum absolute atomic E-state index is 12.5. The van der Waals surface area contributed by atoms with Gasteiger partial charge in [0.1, 0.15) is 17.1 Å². The zero-order chi connectivity index (χ0) is 16.4. The van der Waals surface area contributed by atoms with Gasteiger partial charge in [-0.15, -0.1) is 0 Å². The molecule has 0 spiro atoms. The summed E-state index contributed by atoms with van der Waals surface area (Å²) in [6.45, 7) is 0. The van der Waals surface area contributed by atoms with Gasteiger partial charge in [-0.25, -0.2) is 0 Å². The number of rotatable bonds is 5. The average Bonchev–Trinajstić information content (AvgIpc) is 3.22. The number of carbonyl (C=O) groups excluding carboxylic acids is 1. The van der Waals surface area contributed by atoms with E-state index < -0.39 is 5.78 Å². The second kappa shape index (κ2) is 5.92. The smallest absolute Gasteiger partial charge is 0.205 e. The van der Waals surface area contributed by atoms with E-state index in [2.05, 4.69) is 0 Å². The Morgan fingerprint density at radius 1 is 1.13 bits per heavy atom. The number of fused-ring (bicyclic) bond motifs is 1. The number of carbonyl (C=O) groups is 1. The van der Waals surface area contributed by atoms with Gasteiger partial charge in [-0.1, -0.05) is 0 Å². The van der Waals surface area contributed by atoms with Crippen molar-refractivity contribution in [1.82, 2.24) is 0 Å². The van der Waals surface area contributed by atoms with Crippen LogP contribution in [0.25, 0.3) is 17.0 Å². The fourth-order valence-electron chi connectivity index (χ4n) is 2.38. The molecule has 1 N–H and O–H groups in total. The summed E-state index contributed by atoms with van der Waals surface area (Å²) in [4.78, 5) is 12.5. The predicted molar refractivity (Wildman–Crippen MR) is 83.1 cm³/mol. The Bertz CT molecular complexity index is 870. The number of ether oxygens (including phenoxy) is 2. The molecule has 0 saturated heterocycles. The Balaban J connectivity index is 2.15. The molecule has 118 valence electrons. The van der Waals surface area contributed by atoms with E-state index >= 15 is 0 Å². The lowest BCUT2D eigenvalue weighted by molar-refractivity contribution is 0.104. The van der Waals surface area contributed by atoms with E-state index in [-0.39, 0.29) is 22.8 Å². The molecular weight excluding hydrogens is 300 g/mol. The first-order valence-corrected chi connectivity index (χ1v) is 6.77. The van der Waals surface area contributed by atoms with Crippen LogP contribution < -0.4 is 9.47 Å². The second-order valence-electron chi connectivity index (χ2n) is 4.67. The minimum Gasteiger partial charge on any atom is -0.504 e. The van der Waals surface area contributed by atoms with Crippen LogP contribution in [0.1, 0.15) is 16.1 Å². The average molecular weight is 314 g/mol. The fraction of sp³-hybridized carbons (Fsp3) is 0.118. The summed E-state index contributed by atoms with van der Waals surface area (Å²) in [5.41, 5.74) is 0.314. The summed E-state index contributed by atoms with van der Waals surface area (Å²) >= 11 is 0. The molecule has 0 aliphatic rings.